The van der Waals surface area contributed by atoms with E-state index in [9.17, 15) is 19.5 Å². The molecule has 3 heterocycles. The zero-order chi connectivity index (χ0) is 26.0. The van der Waals surface area contributed by atoms with Gasteiger partial charge in [0, 0.05) is 17.5 Å². The van der Waals surface area contributed by atoms with Crippen molar-refractivity contribution in [3.8, 4) is 0 Å². The zero-order valence-electron chi connectivity index (χ0n) is 21.9. The summed E-state index contributed by atoms with van der Waals surface area (Å²) in [5, 5.41) is 16.5. The Kier molecular flexibility index (Phi) is 8.35. The summed E-state index contributed by atoms with van der Waals surface area (Å²) < 4.78 is -0.667. The summed E-state index contributed by atoms with van der Waals surface area (Å²) in [5.41, 5.74) is 0.706. The van der Waals surface area contributed by atoms with Crippen LogP contribution in [0.5, 0.6) is 0 Å². The number of para-hydroxylation sites is 1. The number of fused-ring (bicyclic) bond motifs is 1. The predicted octanol–water partition coefficient (Wildman–Crippen LogP) is 3.68. The number of rotatable bonds is 11. The van der Waals surface area contributed by atoms with Crippen LogP contribution in [0.15, 0.2) is 30.3 Å². The SMILES string of the molecule is CCCCCNC(=O)C1N([C@@H](CO)CC(C)C)C(=O)[C@@H]2[C@H](C(=O)Nc3ccccc3)[C@@H]3CC(C)C12S3. The quantitative estimate of drug-likeness (QED) is 0.391. The Hall–Kier alpha value is -2.06. The van der Waals surface area contributed by atoms with Gasteiger partial charge in [0.25, 0.3) is 0 Å². The number of amides is 3. The average Bonchev–Trinajstić information content (AvgIpc) is 3.44. The minimum atomic E-state index is -0.688. The Balaban J connectivity index is 1.69. The maximum atomic E-state index is 14.2. The first-order valence-electron chi connectivity index (χ1n) is 13.5. The molecule has 3 N–H and O–H groups in total. The number of anilines is 1. The van der Waals surface area contributed by atoms with Crippen molar-refractivity contribution in [2.45, 2.75) is 81.9 Å². The van der Waals surface area contributed by atoms with Gasteiger partial charge in [-0.3, -0.25) is 14.4 Å². The number of carbonyl (C=O) groups excluding carboxylic acids is 3. The summed E-state index contributed by atoms with van der Waals surface area (Å²) in [6.45, 7) is 8.73. The van der Waals surface area contributed by atoms with Gasteiger partial charge in [0.15, 0.2) is 0 Å². The van der Waals surface area contributed by atoms with Crippen molar-refractivity contribution >= 4 is 35.2 Å². The molecular formula is C28H41N3O4S. The standard InChI is InChI=1S/C28H41N3O4S/c1-5-6-10-13-29-26(34)24-28-18(4)15-21(36-28)22(25(33)30-19-11-8-7-9-12-19)23(28)27(35)31(24)20(16-32)14-17(2)3/h7-9,11-12,17-18,20-24,32H,5-6,10,13-16H2,1-4H3,(H,29,34)(H,30,33)/t18?,20-,21+,22-,23+,24?,28?/m1/s1. The van der Waals surface area contributed by atoms with Crippen LogP contribution in [0.2, 0.25) is 0 Å². The van der Waals surface area contributed by atoms with Gasteiger partial charge in [-0.05, 0) is 43.2 Å². The Morgan fingerprint density at radius 2 is 1.92 bits per heavy atom. The number of aliphatic hydroxyl groups is 1. The predicted molar refractivity (Wildman–Crippen MR) is 143 cm³/mol. The highest BCUT2D eigenvalue weighted by Gasteiger charge is 2.76. The van der Waals surface area contributed by atoms with Crippen molar-refractivity contribution in [3.05, 3.63) is 30.3 Å². The molecule has 0 saturated carbocycles. The number of thioether (sulfide) groups is 1. The monoisotopic (exact) mass is 515 g/mol. The number of carbonyl (C=O) groups is 3. The minimum Gasteiger partial charge on any atom is -0.394 e. The lowest BCUT2D eigenvalue weighted by molar-refractivity contribution is -0.142. The van der Waals surface area contributed by atoms with Crippen LogP contribution >= 0.6 is 11.8 Å². The van der Waals surface area contributed by atoms with E-state index in [0.717, 1.165) is 25.7 Å². The van der Waals surface area contributed by atoms with Crippen molar-refractivity contribution in [1.82, 2.24) is 10.2 Å². The molecule has 3 fully saturated rings. The van der Waals surface area contributed by atoms with Gasteiger partial charge in [0.1, 0.15) is 6.04 Å². The zero-order valence-corrected chi connectivity index (χ0v) is 22.7. The van der Waals surface area contributed by atoms with Crippen LogP contribution in [-0.4, -0.2) is 63.0 Å². The Morgan fingerprint density at radius 1 is 1.19 bits per heavy atom. The molecule has 3 saturated heterocycles. The molecule has 2 bridgehead atoms. The maximum Gasteiger partial charge on any atom is 0.244 e. The van der Waals surface area contributed by atoms with Crippen molar-refractivity contribution < 1.29 is 19.5 Å². The first-order chi connectivity index (χ1) is 17.3. The van der Waals surface area contributed by atoms with E-state index < -0.39 is 28.7 Å². The molecule has 0 aliphatic carbocycles. The van der Waals surface area contributed by atoms with E-state index >= 15 is 0 Å². The Labute approximate surface area is 219 Å². The molecule has 198 valence electrons. The lowest BCUT2D eigenvalue weighted by Crippen LogP contribution is -2.58. The van der Waals surface area contributed by atoms with Gasteiger partial charge in [-0.2, -0.15) is 0 Å². The number of hydrogen-bond acceptors (Lipinski definition) is 5. The molecule has 3 amide bonds. The lowest BCUT2D eigenvalue weighted by atomic mass is 9.66. The van der Waals surface area contributed by atoms with Gasteiger partial charge >= 0.3 is 0 Å². The molecular weight excluding hydrogens is 474 g/mol. The fraction of sp³-hybridized carbons (Fsp3) is 0.679. The second kappa shape index (κ2) is 11.1. The van der Waals surface area contributed by atoms with Crippen LogP contribution in [0.3, 0.4) is 0 Å². The van der Waals surface area contributed by atoms with E-state index in [0.29, 0.717) is 18.7 Å². The second-order valence-electron chi connectivity index (χ2n) is 11.1. The van der Waals surface area contributed by atoms with E-state index in [1.165, 1.54) is 0 Å². The molecule has 1 spiro atoms. The van der Waals surface area contributed by atoms with Crippen LogP contribution in [0.25, 0.3) is 0 Å². The van der Waals surface area contributed by atoms with Gasteiger partial charge in [-0.15, -0.1) is 11.8 Å². The van der Waals surface area contributed by atoms with E-state index in [2.05, 4.69) is 38.3 Å². The summed E-state index contributed by atoms with van der Waals surface area (Å²) in [6.07, 6.45) is 4.38. The number of benzene rings is 1. The molecule has 3 unspecified atom stereocenters. The topological polar surface area (TPSA) is 98.7 Å². The molecule has 1 aromatic rings. The molecule has 36 heavy (non-hydrogen) atoms. The van der Waals surface area contributed by atoms with Crippen molar-refractivity contribution in [3.63, 3.8) is 0 Å². The number of aliphatic hydroxyl groups excluding tert-OH is 1. The number of unbranched alkanes of at least 4 members (excludes halogenated alkanes) is 2. The highest BCUT2D eigenvalue weighted by atomic mass is 32.2. The smallest absolute Gasteiger partial charge is 0.244 e. The molecule has 1 aromatic carbocycles. The molecule has 0 aromatic heterocycles. The lowest BCUT2D eigenvalue weighted by Gasteiger charge is -2.40. The van der Waals surface area contributed by atoms with Crippen LogP contribution in [-0.2, 0) is 14.4 Å². The summed E-state index contributed by atoms with van der Waals surface area (Å²) in [4.78, 5) is 43.3. The van der Waals surface area contributed by atoms with Crippen LogP contribution in [0, 0.1) is 23.7 Å². The summed E-state index contributed by atoms with van der Waals surface area (Å²) in [6, 6.07) is 8.18. The van der Waals surface area contributed by atoms with E-state index in [-0.39, 0.29) is 41.4 Å². The van der Waals surface area contributed by atoms with Gasteiger partial charge in [-0.1, -0.05) is 58.7 Å². The van der Waals surface area contributed by atoms with Crippen LogP contribution < -0.4 is 10.6 Å². The molecule has 7 atom stereocenters. The summed E-state index contributed by atoms with van der Waals surface area (Å²) in [5.74, 6) is -1.17. The summed E-state index contributed by atoms with van der Waals surface area (Å²) in [7, 11) is 0. The van der Waals surface area contributed by atoms with E-state index in [1.54, 1.807) is 16.7 Å². The first kappa shape index (κ1) is 27.0. The fourth-order valence-electron chi connectivity index (χ4n) is 6.70. The third kappa shape index (κ3) is 4.67. The maximum absolute atomic E-state index is 14.2. The summed E-state index contributed by atoms with van der Waals surface area (Å²) >= 11 is 1.67. The minimum absolute atomic E-state index is 0.00659. The van der Waals surface area contributed by atoms with Crippen LogP contribution in [0.1, 0.15) is 59.8 Å². The Morgan fingerprint density at radius 3 is 2.56 bits per heavy atom. The Bertz CT molecular complexity index is 957. The molecule has 0 radical (unpaired) electrons. The molecule has 7 nitrogen and oxygen atoms in total. The van der Waals surface area contributed by atoms with E-state index in [4.69, 9.17) is 0 Å². The highest BCUT2D eigenvalue weighted by molar-refractivity contribution is 8.02. The normalized spacial score (nSPS) is 31.6. The van der Waals surface area contributed by atoms with Gasteiger partial charge in [-0.25, -0.2) is 0 Å². The molecule has 3 aliphatic heterocycles. The number of likely N-dealkylation sites (tertiary alicyclic amines) is 1. The first-order valence-corrected chi connectivity index (χ1v) is 14.4. The third-order valence-electron chi connectivity index (χ3n) is 8.20. The second-order valence-corrected chi connectivity index (χ2v) is 12.7. The molecule has 4 rings (SSSR count). The van der Waals surface area contributed by atoms with Gasteiger partial charge in [0.05, 0.1) is 29.2 Å². The fourth-order valence-corrected chi connectivity index (χ4v) is 9.11. The third-order valence-corrected chi connectivity index (χ3v) is 10.3. The number of hydrogen-bond donors (Lipinski definition) is 3. The van der Waals surface area contributed by atoms with E-state index in [1.807, 2.05) is 30.3 Å². The highest BCUT2D eigenvalue weighted by Crippen LogP contribution is 2.68. The van der Waals surface area contributed by atoms with Crippen molar-refractivity contribution in [2.75, 3.05) is 18.5 Å². The molecule has 3 aliphatic rings. The number of nitrogens with one attached hydrogen (secondary N) is 2. The average molecular weight is 516 g/mol. The van der Waals surface area contributed by atoms with Crippen molar-refractivity contribution in [2.24, 2.45) is 23.7 Å². The largest absolute Gasteiger partial charge is 0.394 e. The van der Waals surface area contributed by atoms with Crippen LogP contribution in [0.4, 0.5) is 5.69 Å². The van der Waals surface area contributed by atoms with Gasteiger partial charge < -0.3 is 20.6 Å². The van der Waals surface area contributed by atoms with Gasteiger partial charge in [0.2, 0.25) is 17.7 Å². The molecule has 8 heteroatoms. The number of nitrogens with zero attached hydrogens (tertiary/aromatic N) is 1. The van der Waals surface area contributed by atoms with Crippen molar-refractivity contribution in [1.29, 1.82) is 0 Å².